The van der Waals surface area contributed by atoms with E-state index in [-0.39, 0.29) is 24.3 Å². The Hall–Kier alpha value is -4.71. The number of rotatable bonds is 6. The molecule has 236 valence electrons. The van der Waals surface area contributed by atoms with Crippen molar-refractivity contribution >= 4 is 23.7 Å². The van der Waals surface area contributed by atoms with Crippen molar-refractivity contribution in [1.82, 2.24) is 15.1 Å². The van der Waals surface area contributed by atoms with Crippen LogP contribution in [0.2, 0.25) is 0 Å². The van der Waals surface area contributed by atoms with Crippen LogP contribution in [-0.2, 0) is 32.3 Å². The van der Waals surface area contributed by atoms with Crippen molar-refractivity contribution in [1.29, 1.82) is 0 Å². The fraction of sp³-hybridized carbons (Fsp3) is 0.333. The van der Waals surface area contributed by atoms with Gasteiger partial charge in [-0.3, -0.25) is 24.6 Å². The molecule has 3 heterocycles. The predicted octanol–water partition coefficient (Wildman–Crippen LogP) is 4.34. The number of carboxylic acids is 1. The number of aliphatic carboxylic acids is 1. The zero-order chi connectivity index (χ0) is 32.4. The molecular weight excluding hydrogens is 591 g/mol. The van der Waals surface area contributed by atoms with E-state index in [0.717, 1.165) is 28.9 Å². The van der Waals surface area contributed by atoms with Crippen LogP contribution in [0.4, 0.5) is 13.2 Å². The molecule has 3 saturated heterocycles. The number of carbonyl (C=O) groups is 4. The van der Waals surface area contributed by atoms with Crippen LogP contribution < -0.4 is 10.1 Å². The molecule has 9 nitrogen and oxygen atoms in total. The quantitative estimate of drug-likeness (QED) is 0.393. The molecule has 2 N–H and O–H groups in total. The zero-order valence-corrected chi connectivity index (χ0v) is 24.4. The average Bonchev–Trinajstić information content (AvgIpc) is 3.50. The van der Waals surface area contributed by atoms with Crippen molar-refractivity contribution in [2.45, 2.75) is 43.7 Å². The number of alkyl halides is 3. The summed E-state index contributed by atoms with van der Waals surface area (Å²) in [6.45, 7) is 1.26. The van der Waals surface area contributed by atoms with Gasteiger partial charge in [0.25, 0.3) is 0 Å². The molecule has 45 heavy (non-hydrogen) atoms. The van der Waals surface area contributed by atoms with Crippen molar-refractivity contribution in [3.8, 4) is 5.75 Å². The minimum absolute atomic E-state index is 0.101. The number of methoxy groups -OCH3 is 1. The molecule has 0 saturated carbocycles. The number of likely N-dealkylation sites (tertiary alicyclic amines) is 2. The molecule has 0 aliphatic carbocycles. The Bertz CT molecular complexity index is 1550. The summed E-state index contributed by atoms with van der Waals surface area (Å²) in [5.41, 5.74) is 1.68. The molecule has 0 unspecified atom stereocenters. The van der Waals surface area contributed by atoms with Gasteiger partial charge in [0.1, 0.15) is 11.3 Å². The maximum atomic E-state index is 14.3. The molecule has 3 aromatic carbocycles. The first-order valence-corrected chi connectivity index (χ1v) is 14.4. The van der Waals surface area contributed by atoms with Gasteiger partial charge in [0.05, 0.1) is 25.5 Å². The number of ether oxygens (including phenoxy) is 1. The maximum absolute atomic E-state index is 14.3. The largest absolute Gasteiger partial charge is 0.497 e. The number of hydrogen-bond acceptors (Lipinski definition) is 6. The van der Waals surface area contributed by atoms with Gasteiger partial charge in [-0.05, 0) is 41.7 Å². The smallest absolute Gasteiger partial charge is 0.490 e. The Morgan fingerprint density at radius 1 is 0.911 bits per heavy atom. The summed E-state index contributed by atoms with van der Waals surface area (Å²) in [6.07, 6.45) is -3.81. The van der Waals surface area contributed by atoms with E-state index in [0.29, 0.717) is 19.5 Å². The van der Waals surface area contributed by atoms with E-state index in [1.807, 2.05) is 89.8 Å². The number of carboxylic acid groups (broad SMARTS) is 1. The number of imide groups is 1. The van der Waals surface area contributed by atoms with Gasteiger partial charge < -0.3 is 14.7 Å². The van der Waals surface area contributed by atoms with E-state index in [9.17, 15) is 27.6 Å². The second-order valence-electron chi connectivity index (χ2n) is 11.2. The highest BCUT2D eigenvalue weighted by Crippen LogP contribution is 2.52. The summed E-state index contributed by atoms with van der Waals surface area (Å²) < 4.78 is 37.0. The van der Waals surface area contributed by atoms with Crippen molar-refractivity contribution < 1.29 is 42.2 Å². The van der Waals surface area contributed by atoms with Crippen LogP contribution in [0, 0.1) is 11.8 Å². The van der Waals surface area contributed by atoms with Gasteiger partial charge in [-0.2, -0.15) is 13.2 Å². The molecule has 12 heteroatoms. The Labute approximate surface area is 257 Å². The number of benzene rings is 3. The number of hydrogen-bond donors (Lipinski definition) is 2. The van der Waals surface area contributed by atoms with Crippen LogP contribution in [0.15, 0.2) is 84.9 Å². The number of piperidine rings is 1. The molecule has 4 atom stereocenters. The molecule has 3 aliphatic heterocycles. The lowest BCUT2D eigenvalue weighted by Crippen LogP contribution is -2.63. The van der Waals surface area contributed by atoms with Gasteiger partial charge in [-0.15, -0.1) is 0 Å². The number of nitrogens with one attached hydrogen (secondary N) is 1. The molecule has 0 radical (unpaired) electrons. The Morgan fingerprint density at radius 3 is 2.07 bits per heavy atom. The SMILES string of the molecule is COc1ccc(CN2CCC[C@]3(N[C@H](c4ccccc4)[C@@H]4C(=O)N(Cc5ccccc5)C(=O)[C@@H]43)C2=O)cc1.O=C(O)C(F)(F)F. The fourth-order valence-electron chi connectivity index (χ4n) is 6.50. The highest BCUT2D eigenvalue weighted by molar-refractivity contribution is 6.10. The number of fused-ring (bicyclic) bond motifs is 2. The molecule has 3 aliphatic rings. The Balaban J connectivity index is 0.000000515. The third kappa shape index (κ3) is 6.28. The zero-order valence-electron chi connectivity index (χ0n) is 24.4. The van der Waals surface area contributed by atoms with Gasteiger partial charge in [0.15, 0.2) is 0 Å². The Morgan fingerprint density at radius 2 is 1.49 bits per heavy atom. The van der Waals surface area contributed by atoms with E-state index >= 15 is 0 Å². The molecule has 3 fully saturated rings. The van der Waals surface area contributed by atoms with Crippen LogP contribution in [-0.4, -0.2) is 64.0 Å². The van der Waals surface area contributed by atoms with Crippen molar-refractivity contribution in [3.63, 3.8) is 0 Å². The topological polar surface area (TPSA) is 116 Å². The molecule has 0 aromatic heterocycles. The number of carbonyl (C=O) groups excluding carboxylic acids is 3. The lowest BCUT2D eigenvalue weighted by Gasteiger charge is -2.42. The molecule has 3 aromatic rings. The van der Waals surface area contributed by atoms with E-state index in [1.165, 1.54) is 4.90 Å². The van der Waals surface area contributed by atoms with E-state index in [2.05, 4.69) is 5.32 Å². The number of amides is 3. The van der Waals surface area contributed by atoms with Crippen LogP contribution in [0.25, 0.3) is 0 Å². The minimum Gasteiger partial charge on any atom is -0.497 e. The third-order valence-corrected chi connectivity index (χ3v) is 8.53. The molecule has 0 bridgehead atoms. The van der Waals surface area contributed by atoms with Gasteiger partial charge in [-0.1, -0.05) is 72.8 Å². The molecule has 6 rings (SSSR count). The molecular formula is C33H32F3N3O6. The second kappa shape index (κ2) is 12.7. The average molecular weight is 624 g/mol. The number of nitrogens with zero attached hydrogens (tertiary/aromatic N) is 2. The summed E-state index contributed by atoms with van der Waals surface area (Å²) in [4.78, 5) is 54.3. The standard InChI is InChI=1S/C31H31N3O4.C2HF3O2/c1-38-24-15-13-22(14-16-24)19-33-18-8-17-31(30(33)37)26-25(27(32-31)23-11-6-3-7-12-23)28(35)34(29(26)36)20-21-9-4-2-5-10-21;3-2(4,5)1(6)7/h2-7,9-16,25-27,32H,8,17-20H2,1H3;(H,6,7)/t25-,26-,27-,31-;/m1./s1. The second-order valence-corrected chi connectivity index (χ2v) is 11.2. The normalized spacial score (nSPS) is 24.4. The van der Waals surface area contributed by atoms with Crippen LogP contribution in [0.1, 0.15) is 35.6 Å². The summed E-state index contributed by atoms with van der Waals surface area (Å²) in [5.74, 6) is -3.93. The lowest BCUT2D eigenvalue weighted by atomic mass is 9.74. The van der Waals surface area contributed by atoms with Gasteiger partial charge >= 0.3 is 12.1 Å². The lowest BCUT2D eigenvalue weighted by molar-refractivity contribution is -0.192. The first kappa shape index (κ1) is 31.7. The van der Waals surface area contributed by atoms with Crippen LogP contribution in [0.3, 0.4) is 0 Å². The first-order valence-electron chi connectivity index (χ1n) is 14.4. The third-order valence-electron chi connectivity index (χ3n) is 8.53. The molecule has 3 amide bonds. The van der Waals surface area contributed by atoms with Crippen molar-refractivity contribution in [2.75, 3.05) is 13.7 Å². The summed E-state index contributed by atoms with van der Waals surface area (Å²) in [7, 11) is 1.62. The van der Waals surface area contributed by atoms with E-state index in [1.54, 1.807) is 7.11 Å². The summed E-state index contributed by atoms with van der Waals surface area (Å²) >= 11 is 0. The Kier molecular flexibility index (Phi) is 8.96. The minimum atomic E-state index is -5.08. The fourth-order valence-corrected chi connectivity index (χ4v) is 6.50. The van der Waals surface area contributed by atoms with Crippen molar-refractivity contribution in [2.24, 2.45) is 11.8 Å². The summed E-state index contributed by atoms with van der Waals surface area (Å²) in [6, 6.07) is 26.5. The van der Waals surface area contributed by atoms with Gasteiger partial charge in [0.2, 0.25) is 17.7 Å². The highest BCUT2D eigenvalue weighted by atomic mass is 19.4. The predicted molar refractivity (Wildman–Crippen MR) is 155 cm³/mol. The van der Waals surface area contributed by atoms with E-state index < -0.39 is 35.6 Å². The monoisotopic (exact) mass is 623 g/mol. The maximum Gasteiger partial charge on any atom is 0.490 e. The molecule has 1 spiro atoms. The van der Waals surface area contributed by atoms with Crippen LogP contribution >= 0.6 is 0 Å². The first-order chi connectivity index (χ1) is 21.5. The van der Waals surface area contributed by atoms with Crippen molar-refractivity contribution in [3.05, 3.63) is 102 Å². The highest BCUT2D eigenvalue weighted by Gasteiger charge is 2.68. The van der Waals surface area contributed by atoms with Gasteiger partial charge in [0, 0.05) is 19.1 Å². The van der Waals surface area contributed by atoms with Crippen LogP contribution in [0.5, 0.6) is 5.75 Å². The van der Waals surface area contributed by atoms with E-state index in [4.69, 9.17) is 14.6 Å². The summed E-state index contributed by atoms with van der Waals surface area (Å²) in [5, 5.41) is 10.7. The van der Waals surface area contributed by atoms with Gasteiger partial charge in [-0.25, -0.2) is 4.79 Å². The number of halogens is 3.